The third-order valence-corrected chi connectivity index (χ3v) is 5.39. The van der Waals surface area contributed by atoms with Gasteiger partial charge < -0.3 is 29.0 Å². The van der Waals surface area contributed by atoms with Gasteiger partial charge >= 0.3 is 0 Å². The van der Waals surface area contributed by atoms with Crippen LogP contribution in [-0.2, 0) is 0 Å². The Balaban J connectivity index is 1.61. The van der Waals surface area contributed by atoms with E-state index in [1.54, 1.807) is 27.5 Å². The van der Waals surface area contributed by atoms with Crippen LogP contribution in [-0.4, -0.2) is 63.3 Å². The second-order valence-corrected chi connectivity index (χ2v) is 6.89. The van der Waals surface area contributed by atoms with Crippen molar-refractivity contribution in [1.29, 1.82) is 0 Å². The number of hydrogen-bond acceptors (Lipinski definition) is 5. The fraction of sp³-hybridized carbons (Fsp3) is 0.318. The van der Waals surface area contributed by atoms with E-state index in [0.29, 0.717) is 41.3 Å². The third-order valence-electron chi connectivity index (χ3n) is 5.39. The van der Waals surface area contributed by atoms with E-state index in [0.717, 1.165) is 18.6 Å². The molecule has 4 rings (SSSR count). The highest BCUT2D eigenvalue weighted by Crippen LogP contribution is 2.44. The van der Waals surface area contributed by atoms with Gasteiger partial charge in [0, 0.05) is 44.1 Å². The van der Waals surface area contributed by atoms with E-state index >= 15 is 0 Å². The average molecular weight is 395 g/mol. The highest BCUT2D eigenvalue weighted by molar-refractivity contribution is 6.10. The summed E-state index contributed by atoms with van der Waals surface area (Å²) < 4.78 is 16.5. The van der Waals surface area contributed by atoms with Crippen LogP contribution in [0.2, 0.25) is 0 Å². The van der Waals surface area contributed by atoms with Crippen molar-refractivity contribution in [3.05, 3.63) is 48.2 Å². The van der Waals surface area contributed by atoms with Gasteiger partial charge in [0.15, 0.2) is 11.5 Å². The molecule has 0 aliphatic carbocycles. The number of fused-ring (bicyclic) bond motifs is 1. The number of carbonyl (C=O) groups excluding carboxylic acids is 1. The second-order valence-electron chi connectivity index (χ2n) is 6.89. The SMILES string of the molecule is COc1cc2[nH]cc(C(=O)N3CCN(c4ccccc4)CC3)c2c(OC)c1OC. The molecule has 1 saturated heterocycles. The van der Waals surface area contributed by atoms with Gasteiger partial charge in [0.1, 0.15) is 0 Å². The summed E-state index contributed by atoms with van der Waals surface area (Å²) in [6, 6.07) is 12.1. The number of aromatic nitrogens is 1. The van der Waals surface area contributed by atoms with Gasteiger partial charge in [-0.3, -0.25) is 4.79 Å². The summed E-state index contributed by atoms with van der Waals surface area (Å²) in [5.74, 6) is 1.50. The van der Waals surface area contributed by atoms with Crippen molar-refractivity contribution in [1.82, 2.24) is 9.88 Å². The first-order valence-corrected chi connectivity index (χ1v) is 9.57. The fourth-order valence-electron chi connectivity index (χ4n) is 3.91. The minimum Gasteiger partial charge on any atom is -0.493 e. The predicted molar refractivity (Wildman–Crippen MR) is 113 cm³/mol. The number of amides is 1. The van der Waals surface area contributed by atoms with E-state index in [-0.39, 0.29) is 5.91 Å². The first-order valence-electron chi connectivity index (χ1n) is 9.57. The van der Waals surface area contributed by atoms with Crippen LogP contribution in [0.5, 0.6) is 17.2 Å². The molecule has 7 heteroatoms. The molecule has 1 N–H and O–H groups in total. The summed E-state index contributed by atoms with van der Waals surface area (Å²) >= 11 is 0. The third kappa shape index (κ3) is 3.33. The molecule has 0 bridgehead atoms. The zero-order valence-electron chi connectivity index (χ0n) is 16.9. The quantitative estimate of drug-likeness (QED) is 0.719. The number of rotatable bonds is 5. The monoisotopic (exact) mass is 395 g/mol. The van der Waals surface area contributed by atoms with E-state index in [1.807, 2.05) is 29.2 Å². The molecule has 0 atom stereocenters. The van der Waals surface area contributed by atoms with Crippen molar-refractivity contribution in [2.75, 3.05) is 52.4 Å². The number of hydrogen-bond donors (Lipinski definition) is 1. The average Bonchev–Trinajstić information content (AvgIpc) is 3.21. The number of aromatic amines is 1. The number of nitrogens with zero attached hydrogens (tertiary/aromatic N) is 2. The second kappa shape index (κ2) is 7.95. The van der Waals surface area contributed by atoms with Crippen LogP contribution in [0.15, 0.2) is 42.6 Å². The topological polar surface area (TPSA) is 67.0 Å². The summed E-state index contributed by atoms with van der Waals surface area (Å²) in [5.41, 5.74) is 2.53. The fourth-order valence-corrected chi connectivity index (χ4v) is 3.91. The highest BCUT2D eigenvalue weighted by Gasteiger charge is 2.27. The molecule has 1 aliphatic rings. The van der Waals surface area contributed by atoms with Gasteiger partial charge in [-0.25, -0.2) is 0 Å². The van der Waals surface area contributed by atoms with E-state index in [9.17, 15) is 4.79 Å². The van der Waals surface area contributed by atoms with E-state index in [4.69, 9.17) is 14.2 Å². The molecule has 1 aliphatic heterocycles. The zero-order valence-corrected chi connectivity index (χ0v) is 16.9. The normalized spacial score (nSPS) is 14.2. The molecule has 0 spiro atoms. The Bertz CT molecular complexity index is 1010. The Hall–Kier alpha value is -3.35. The van der Waals surface area contributed by atoms with Gasteiger partial charge in [-0.05, 0) is 12.1 Å². The Morgan fingerprint density at radius 3 is 2.24 bits per heavy atom. The summed E-state index contributed by atoms with van der Waals surface area (Å²) in [4.78, 5) is 20.7. The Morgan fingerprint density at radius 1 is 0.931 bits per heavy atom. The number of piperazine rings is 1. The van der Waals surface area contributed by atoms with Crippen LogP contribution < -0.4 is 19.1 Å². The summed E-state index contributed by atoms with van der Waals surface area (Å²) in [6.45, 7) is 2.92. The molecule has 152 valence electrons. The van der Waals surface area contributed by atoms with E-state index in [1.165, 1.54) is 5.69 Å². The number of H-pyrrole nitrogens is 1. The molecule has 2 heterocycles. The Kier molecular flexibility index (Phi) is 5.20. The molecular weight excluding hydrogens is 370 g/mol. The Morgan fingerprint density at radius 2 is 1.62 bits per heavy atom. The minimum atomic E-state index is -0.0190. The molecule has 1 amide bonds. The zero-order chi connectivity index (χ0) is 20.4. The Labute approximate surface area is 169 Å². The molecular formula is C22H25N3O4. The number of carbonyl (C=O) groups is 1. The first-order chi connectivity index (χ1) is 14.2. The molecule has 3 aromatic rings. The molecule has 0 saturated carbocycles. The molecule has 7 nitrogen and oxygen atoms in total. The minimum absolute atomic E-state index is 0.0190. The van der Waals surface area contributed by atoms with Crippen molar-refractivity contribution in [2.24, 2.45) is 0 Å². The molecule has 1 fully saturated rings. The van der Waals surface area contributed by atoms with Crippen LogP contribution in [0.25, 0.3) is 10.9 Å². The lowest BCUT2D eigenvalue weighted by Gasteiger charge is -2.36. The number of methoxy groups -OCH3 is 3. The van der Waals surface area contributed by atoms with Gasteiger partial charge in [-0.2, -0.15) is 0 Å². The number of anilines is 1. The highest BCUT2D eigenvalue weighted by atomic mass is 16.5. The van der Waals surface area contributed by atoms with Crippen LogP contribution in [0.1, 0.15) is 10.4 Å². The van der Waals surface area contributed by atoms with Crippen molar-refractivity contribution in [3.63, 3.8) is 0 Å². The number of benzene rings is 2. The van der Waals surface area contributed by atoms with Crippen LogP contribution in [0.3, 0.4) is 0 Å². The van der Waals surface area contributed by atoms with Crippen LogP contribution in [0.4, 0.5) is 5.69 Å². The van der Waals surface area contributed by atoms with Crippen LogP contribution >= 0.6 is 0 Å². The van der Waals surface area contributed by atoms with Gasteiger partial charge in [0.2, 0.25) is 5.75 Å². The lowest BCUT2D eigenvalue weighted by atomic mass is 10.1. The summed E-state index contributed by atoms with van der Waals surface area (Å²) in [5, 5.41) is 0.709. The molecule has 2 aromatic carbocycles. The molecule has 29 heavy (non-hydrogen) atoms. The van der Waals surface area contributed by atoms with Crippen LogP contribution in [0, 0.1) is 0 Å². The smallest absolute Gasteiger partial charge is 0.256 e. The summed E-state index contributed by atoms with van der Waals surface area (Å²) in [7, 11) is 4.70. The number of nitrogens with one attached hydrogen (secondary N) is 1. The van der Waals surface area contributed by atoms with Crippen molar-refractivity contribution in [3.8, 4) is 17.2 Å². The van der Waals surface area contributed by atoms with Crippen molar-refractivity contribution in [2.45, 2.75) is 0 Å². The van der Waals surface area contributed by atoms with Crippen molar-refractivity contribution < 1.29 is 19.0 Å². The van der Waals surface area contributed by atoms with Gasteiger partial charge in [0.05, 0.1) is 37.8 Å². The van der Waals surface area contributed by atoms with Gasteiger partial charge in [0.25, 0.3) is 5.91 Å². The maximum Gasteiger partial charge on any atom is 0.256 e. The maximum atomic E-state index is 13.3. The maximum absolute atomic E-state index is 13.3. The predicted octanol–water partition coefficient (Wildman–Crippen LogP) is 3.16. The number of ether oxygens (including phenoxy) is 3. The largest absolute Gasteiger partial charge is 0.493 e. The molecule has 0 radical (unpaired) electrons. The van der Waals surface area contributed by atoms with E-state index in [2.05, 4.69) is 22.0 Å². The first kappa shape index (κ1) is 19.0. The van der Waals surface area contributed by atoms with Gasteiger partial charge in [-0.15, -0.1) is 0 Å². The van der Waals surface area contributed by atoms with Crippen molar-refractivity contribution >= 4 is 22.5 Å². The lowest BCUT2D eigenvalue weighted by molar-refractivity contribution is 0.0748. The molecule has 1 aromatic heterocycles. The van der Waals surface area contributed by atoms with E-state index < -0.39 is 0 Å². The molecule has 0 unspecified atom stereocenters. The number of para-hydroxylation sites is 1. The lowest BCUT2D eigenvalue weighted by Crippen LogP contribution is -2.48. The standard InChI is InChI=1S/C22H25N3O4/c1-27-18-13-17-19(21(29-3)20(18)28-2)16(14-23-17)22(26)25-11-9-24(10-12-25)15-7-5-4-6-8-15/h4-8,13-14,23H,9-12H2,1-3H3. The van der Waals surface area contributed by atoms with Gasteiger partial charge in [-0.1, -0.05) is 18.2 Å². The summed E-state index contributed by atoms with van der Waals surface area (Å²) in [6.07, 6.45) is 1.73.